The van der Waals surface area contributed by atoms with E-state index in [1.165, 1.54) is 0 Å². The highest BCUT2D eigenvalue weighted by atomic mass is 16.5. The van der Waals surface area contributed by atoms with Gasteiger partial charge >= 0.3 is 0 Å². The molecule has 0 saturated carbocycles. The molecule has 4 heteroatoms. The molecule has 0 aliphatic heterocycles. The molecule has 3 N–H and O–H groups in total. The number of amides is 1. The summed E-state index contributed by atoms with van der Waals surface area (Å²) in [5, 5.41) is 2.85. The van der Waals surface area contributed by atoms with Crippen LogP contribution >= 0.6 is 0 Å². The summed E-state index contributed by atoms with van der Waals surface area (Å²) in [6.07, 6.45) is 2.81. The predicted octanol–water partition coefficient (Wildman–Crippen LogP) is 0.657. The molecule has 1 atom stereocenters. The fourth-order valence-corrected chi connectivity index (χ4v) is 1.12. The van der Waals surface area contributed by atoms with Crippen molar-refractivity contribution in [3.63, 3.8) is 0 Å². The van der Waals surface area contributed by atoms with Crippen LogP contribution in [0.25, 0.3) is 0 Å². The molecule has 0 spiro atoms. The van der Waals surface area contributed by atoms with Crippen molar-refractivity contribution in [1.82, 2.24) is 5.32 Å². The lowest BCUT2D eigenvalue weighted by molar-refractivity contribution is -0.126. The second-order valence-electron chi connectivity index (χ2n) is 3.45. The van der Waals surface area contributed by atoms with Gasteiger partial charge in [0.25, 0.3) is 0 Å². The lowest BCUT2D eigenvalue weighted by atomic mass is 10.2. The third kappa shape index (κ3) is 8.01. The third-order valence-corrected chi connectivity index (χ3v) is 1.83. The Kier molecular flexibility index (Phi) is 8.57. The molecule has 0 fully saturated rings. The Morgan fingerprint density at radius 3 is 2.86 bits per heavy atom. The summed E-state index contributed by atoms with van der Waals surface area (Å²) in [5.74, 6) is -0.0389. The topological polar surface area (TPSA) is 64.3 Å². The van der Waals surface area contributed by atoms with Crippen LogP contribution in [-0.4, -0.2) is 31.7 Å². The maximum Gasteiger partial charge on any atom is 0.246 e. The SMILES string of the molecule is CCCOCC(=O)NC(C)CCCN. The molecule has 0 aromatic rings. The van der Waals surface area contributed by atoms with Gasteiger partial charge in [-0.1, -0.05) is 6.92 Å². The Bertz CT molecular complexity index is 151. The molecule has 0 heterocycles. The van der Waals surface area contributed by atoms with Gasteiger partial charge in [-0.3, -0.25) is 4.79 Å². The van der Waals surface area contributed by atoms with Crippen molar-refractivity contribution >= 4 is 5.91 Å². The zero-order chi connectivity index (χ0) is 10.8. The molecule has 1 amide bonds. The zero-order valence-electron chi connectivity index (χ0n) is 9.21. The minimum Gasteiger partial charge on any atom is -0.372 e. The van der Waals surface area contributed by atoms with Crippen LogP contribution in [0, 0.1) is 0 Å². The molecule has 4 nitrogen and oxygen atoms in total. The molecule has 0 aromatic heterocycles. The van der Waals surface area contributed by atoms with E-state index in [1.54, 1.807) is 0 Å². The number of nitrogens with one attached hydrogen (secondary N) is 1. The number of hydrogen-bond acceptors (Lipinski definition) is 3. The molecular weight excluding hydrogens is 180 g/mol. The molecule has 84 valence electrons. The molecule has 0 aliphatic carbocycles. The number of nitrogens with two attached hydrogens (primary N) is 1. The highest BCUT2D eigenvalue weighted by molar-refractivity contribution is 5.77. The van der Waals surface area contributed by atoms with Crippen molar-refractivity contribution in [2.45, 2.75) is 39.2 Å². The summed E-state index contributed by atoms with van der Waals surface area (Å²) in [5.41, 5.74) is 5.37. The standard InChI is InChI=1S/C10H22N2O2/c1-3-7-14-8-10(13)12-9(2)5-4-6-11/h9H,3-8,11H2,1-2H3,(H,12,13). The van der Waals surface area contributed by atoms with Crippen molar-refractivity contribution < 1.29 is 9.53 Å². The predicted molar refractivity (Wildman–Crippen MR) is 57.0 cm³/mol. The van der Waals surface area contributed by atoms with E-state index in [4.69, 9.17) is 10.5 Å². The van der Waals surface area contributed by atoms with Gasteiger partial charge in [-0.05, 0) is 32.7 Å². The monoisotopic (exact) mass is 202 g/mol. The van der Waals surface area contributed by atoms with E-state index in [9.17, 15) is 4.79 Å². The zero-order valence-corrected chi connectivity index (χ0v) is 9.21. The van der Waals surface area contributed by atoms with Crippen molar-refractivity contribution in [3.05, 3.63) is 0 Å². The van der Waals surface area contributed by atoms with Gasteiger partial charge in [0, 0.05) is 12.6 Å². The van der Waals surface area contributed by atoms with Crippen LogP contribution in [0.5, 0.6) is 0 Å². The Labute approximate surface area is 86.2 Å². The van der Waals surface area contributed by atoms with Crippen molar-refractivity contribution in [1.29, 1.82) is 0 Å². The quantitative estimate of drug-likeness (QED) is 0.568. The highest BCUT2D eigenvalue weighted by Crippen LogP contribution is 1.94. The summed E-state index contributed by atoms with van der Waals surface area (Å²) in [7, 11) is 0. The molecule has 0 aliphatic rings. The molecular formula is C10H22N2O2. The first-order valence-electron chi connectivity index (χ1n) is 5.27. The van der Waals surface area contributed by atoms with Gasteiger partial charge in [-0.2, -0.15) is 0 Å². The van der Waals surface area contributed by atoms with Crippen LogP contribution in [0.2, 0.25) is 0 Å². The Balaban J connectivity index is 3.40. The third-order valence-electron chi connectivity index (χ3n) is 1.83. The summed E-state index contributed by atoms with van der Waals surface area (Å²) in [6.45, 7) is 5.48. The van der Waals surface area contributed by atoms with Crippen LogP contribution in [0.4, 0.5) is 0 Å². The Morgan fingerprint density at radius 1 is 1.57 bits per heavy atom. The van der Waals surface area contributed by atoms with E-state index in [2.05, 4.69) is 5.32 Å². The van der Waals surface area contributed by atoms with Gasteiger partial charge in [0.1, 0.15) is 6.61 Å². The average Bonchev–Trinajstić information content (AvgIpc) is 2.15. The van der Waals surface area contributed by atoms with E-state index in [-0.39, 0.29) is 18.6 Å². The summed E-state index contributed by atoms with van der Waals surface area (Å²) >= 11 is 0. The number of hydrogen-bond donors (Lipinski definition) is 2. The van der Waals surface area contributed by atoms with Gasteiger partial charge < -0.3 is 15.8 Å². The second kappa shape index (κ2) is 8.97. The van der Waals surface area contributed by atoms with Gasteiger partial charge in [-0.25, -0.2) is 0 Å². The number of rotatable bonds is 8. The first kappa shape index (κ1) is 13.4. The largest absolute Gasteiger partial charge is 0.372 e. The van der Waals surface area contributed by atoms with Crippen LogP contribution in [-0.2, 0) is 9.53 Å². The fourth-order valence-electron chi connectivity index (χ4n) is 1.12. The summed E-state index contributed by atoms with van der Waals surface area (Å²) in [6, 6.07) is 0.191. The number of carbonyl (C=O) groups excluding carboxylic acids is 1. The van der Waals surface area contributed by atoms with Gasteiger partial charge in [0.15, 0.2) is 0 Å². The van der Waals surface area contributed by atoms with E-state index in [0.717, 1.165) is 19.3 Å². The van der Waals surface area contributed by atoms with Crippen LogP contribution in [0.3, 0.4) is 0 Å². The highest BCUT2D eigenvalue weighted by Gasteiger charge is 2.06. The van der Waals surface area contributed by atoms with Crippen molar-refractivity contribution in [3.8, 4) is 0 Å². The summed E-state index contributed by atoms with van der Waals surface area (Å²) < 4.78 is 5.11. The van der Waals surface area contributed by atoms with E-state index >= 15 is 0 Å². The first-order valence-corrected chi connectivity index (χ1v) is 5.27. The smallest absolute Gasteiger partial charge is 0.246 e. The lowest BCUT2D eigenvalue weighted by Crippen LogP contribution is -2.35. The minimum absolute atomic E-state index is 0.0389. The van der Waals surface area contributed by atoms with Crippen LogP contribution in [0.15, 0.2) is 0 Å². The Morgan fingerprint density at radius 2 is 2.29 bits per heavy atom. The second-order valence-corrected chi connectivity index (χ2v) is 3.45. The van der Waals surface area contributed by atoms with E-state index in [1.807, 2.05) is 13.8 Å². The van der Waals surface area contributed by atoms with Gasteiger partial charge in [-0.15, -0.1) is 0 Å². The first-order chi connectivity index (χ1) is 6.70. The van der Waals surface area contributed by atoms with Gasteiger partial charge in [0.2, 0.25) is 5.91 Å². The maximum absolute atomic E-state index is 11.2. The molecule has 0 bridgehead atoms. The lowest BCUT2D eigenvalue weighted by Gasteiger charge is -2.13. The normalized spacial score (nSPS) is 12.5. The maximum atomic E-state index is 11.2. The summed E-state index contributed by atoms with van der Waals surface area (Å²) in [4.78, 5) is 11.2. The molecule has 0 radical (unpaired) electrons. The van der Waals surface area contributed by atoms with E-state index < -0.39 is 0 Å². The van der Waals surface area contributed by atoms with Crippen molar-refractivity contribution in [2.24, 2.45) is 5.73 Å². The Hall–Kier alpha value is -0.610. The fraction of sp³-hybridized carbons (Fsp3) is 0.900. The van der Waals surface area contributed by atoms with Crippen LogP contribution < -0.4 is 11.1 Å². The molecule has 1 unspecified atom stereocenters. The number of carbonyl (C=O) groups is 1. The van der Waals surface area contributed by atoms with E-state index in [0.29, 0.717) is 13.2 Å². The van der Waals surface area contributed by atoms with Crippen LogP contribution in [0.1, 0.15) is 33.1 Å². The van der Waals surface area contributed by atoms with Crippen molar-refractivity contribution in [2.75, 3.05) is 19.8 Å². The molecule has 14 heavy (non-hydrogen) atoms. The average molecular weight is 202 g/mol. The molecule has 0 saturated heterocycles. The van der Waals surface area contributed by atoms with Gasteiger partial charge in [0.05, 0.1) is 0 Å². The minimum atomic E-state index is -0.0389. The number of ether oxygens (including phenoxy) is 1. The molecule has 0 aromatic carbocycles. The molecule has 0 rings (SSSR count).